The maximum Gasteiger partial charge on any atom is 0.239 e. The zero-order valence-corrected chi connectivity index (χ0v) is 7.50. The van der Waals surface area contributed by atoms with Crippen molar-refractivity contribution in [3.05, 3.63) is 0 Å². The summed E-state index contributed by atoms with van der Waals surface area (Å²) in [6, 6.07) is 0. The molecular weight excluding hydrogens is 160 g/mol. The fourth-order valence-electron chi connectivity index (χ4n) is 0.498. The van der Waals surface area contributed by atoms with Gasteiger partial charge in [-0.25, -0.2) is 0 Å². The van der Waals surface area contributed by atoms with E-state index >= 15 is 0 Å². The van der Waals surface area contributed by atoms with Gasteiger partial charge in [0, 0.05) is 7.11 Å². The van der Waals surface area contributed by atoms with Gasteiger partial charge in [-0.2, -0.15) is 0 Å². The minimum absolute atomic E-state index is 0.117. The average molecular weight is 176 g/mol. The molecule has 0 saturated carbocycles. The number of primary amides is 1. The van der Waals surface area contributed by atoms with Crippen LogP contribution in [-0.4, -0.2) is 38.4 Å². The Kier molecular flexibility index (Phi) is 4.80. The third-order valence-corrected chi connectivity index (χ3v) is 1.40. The summed E-state index contributed by atoms with van der Waals surface area (Å²) >= 11 is 0. The van der Waals surface area contributed by atoms with Crippen molar-refractivity contribution in [3.8, 4) is 0 Å². The number of methoxy groups -OCH3 is 1. The molecule has 0 fully saturated rings. The lowest BCUT2D eigenvalue weighted by Crippen LogP contribution is -2.53. The predicted octanol–water partition coefficient (Wildman–Crippen LogP) is -1.15. The summed E-state index contributed by atoms with van der Waals surface area (Å²) in [6.07, 6.45) is 0. The Hall–Kier alpha value is -0.650. The molecule has 12 heavy (non-hydrogen) atoms. The summed E-state index contributed by atoms with van der Waals surface area (Å²) < 4.78 is 9.78. The third kappa shape index (κ3) is 4.27. The van der Waals surface area contributed by atoms with Crippen LogP contribution in [0.5, 0.6) is 0 Å². The Bertz CT molecular complexity index is 148. The van der Waals surface area contributed by atoms with Crippen LogP contribution in [0, 0.1) is 0 Å². The zero-order chi connectivity index (χ0) is 9.61. The first-order chi connectivity index (χ1) is 5.50. The first-order valence-corrected chi connectivity index (χ1v) is 3.66. The van der Waals surface area contributed by atoms with E-state index in [9.17, 15) is 4.79 Å². The van der Waals surface area contributed by atoms with Crippen LogP contribution >= 0.6 is 0 Å². The van der Waals surface area contributed by atoms with Crippen molar-refractivity contribution >= 4 is 5.91 Å². The second kappa shape index (κ2) is 5.08. The van der Waals surface area contributed by atoms with Crippen LogP contribution in [-0.2, 0) is 14.3 Å². The lowest BCUT2D eigenvalue weighted by Gasteiger charge is -2.19. The Morgan fingerprint density at radius 3 is 2.50 bits per heavy atom. The lowest BCUT2D eigenvalue weighted by atomic mass is 10.1. The van der Waals surface area contributed by atoms with Crippen LogP contribution in [0.4, 0.5) is 0 Å². The first kappa shape index (κ1) is 11.4. The molecule has 1 amide bonds. The van der Waals surface area contributed by atoms with E-state index in [1.165, 1.54) is 6.92 Å². The molecule has 0 aromatic carbocycles. The van der Waals surface area contributed by atoms with Crippen molar-refractivity contribution in [3.63, 3.8) is 0 Å². The molecule has 1 atom stereocenters. The highest BCUT2D eigenvalue weighted by Gasteiger charge is 2.25. The Morgan fingerprint density at radius 1 is 1.50 bits per heavy atom. The van der Waals surface area contributed by atoms with Gasteiger partial charge in [-0.05, 0) is 6.92 Å². The van der Waals surface area contributed by atoms with Gasteiger partial charge in [-0.1, -0.05) is 0 Å². The standard InChI is InChI=1S/C7H16N2O3/c1-7(9,6(8)10)5-12-4-3-11-2/h3-5,9H2,1-2H3,(H2,8,10). The van der Waals surface area contributed by atoms with Crippen LogP contribution in [0.15, 0.2) is 0 Å². The molecule has 0 aromatic rings. The Balaban J connectivity index is 3.54. The predicted molar refractivity (Wildman–Crippen MR) is 44.5 cm³/mol. The summed E-state index contributed by atoms with van der Waals surface area (Å²) in [7, 11) is 1.57. The zero-order valence-electron chi connectivity index (χ0n) is 7.50. The van der Waals surface area contributed by atoms with Crippen LogP contribution in [0.1, 0.15) is 6.92 Å². The molecule has 72 valence electrons. The number of ether oxygens (including phenoxy) is 2. The van der Waals surface area contributed by atoms with Crippen molar-refractivity contribution in [2.45, 2.75) is 12.5 Å². The van der Waals surface area contributed by atoms with Crippen molar-refractivity contribution in [1.29, 1.82) is 0 Å². The van der Waals surface area contributed by atoms with Crippen molar-refractivity contribution < 1.29 is 14.3 Å². The number of hydrogen-bond acceptors (Lipinski definition) is 4. The molecule has 0 heterocycles. The minimum Gasteiger partial charge on any atom is -0.382 e. The van der Waals surface area contributed by atoms with Gasteiger partial charge >= 0.3 is 0 Å². The van der Waals surface area contributed by atoms with E-state index in [1.807, 2.05) is 0 Å². The highest BCUT2D eigenvalue weighted by molar-refractivity contribution is 5.83. The molecule has 0 rings (SSSR count). The molecule has 0 aliphatic rings. The van der Waals surface area contributed by atoms with Crippen LogP contribution in [0.2, 0.25) is 0 Å². The second-order valence-corrected chi connectivity index (χ2v) is 2.83. The number of rotatable bonds is 6. The van der Waals surface area contributed by atoms with Gasteiger partial charge in [-0.3, -0.25) is 4.79 Å². The Labute approximate surface area is 72.0 Å². The summed E-state index contributed by atoms with van der Waals surface area (Å²) in [4.78, 5) is 10.7. The van der Waals surface area contributed by atoms with Crippen molar-refractivity contribution in [2.75, 3.05) is 26.9 Å². The molecule has 5 nitrogen and oxygen atoms in total. The number of amides is 1. The highest BCUT2D eigenvalue weighted by Crippen LogP contribution is 1.97. The smallest absolute Gasteiger partial charge is 0.239 e. The van der Waals surface area contributed by atoms with Crippen molar-refractivity contribution in [2.24, 2.45) is 11.5 Å². The largest absolute Gasteiger partial charge is 0.382 e. The van der Waals surface area contributed by atoms with Crippen molar-refractivity contribution in [1.82, 2.24) is 0 Å². The SMILES string of the molecule is COCCOCC(C)(N)C(N)=O. The average Bonchev–Trinajstić information content (AvgIpc) is 1.98. The minimum atomic E-state index is -1.09. The van der Waals surface area contributed by atoms with Crippen LogP contribution in [0.25, 0.3) is 0 Å². The van der Waals surface area contributed by atoms with E-state index in [4.69, 9.17) is 20.9 Å². The van der Waals surface area contributed by atoms with E-state index in [0.717, 1.165) is 0 Å². The molecule has 5 heteroatoms. The molecule has 1 unspecified atom stereocenters. The number of nitrogens with two attached hydrogens (primary N) is 2. The first-order valence-electron chi connectivity index (χ1n) is 3.66. The molecule has 0 bridgehead atoms. The number of hydrogen-bond donors (Lipinski definition) is 2. The summed E-state index contributed by atoms with van der Waals surface area (Å²) in [6.45, 7) is 2.54. The normalized spacial score (nSPS) is 15.6. The number of carbonyl (C=O) groups excluding carboxylic acids is 1. The molecule has 0 aliphatic carbocycles. The Morgan fingerprint density at radius 2 is 2.08 bits per heavy atom. The fraction of sp³-hybridized carbons (Fsp3) is 0.857. The quantitative estimate of drug-likeness (QED) is 0.500. The van der Waals surface area contributed by atoms with E-state index in [-0.39, 0.29) is 6.61 Å². The second-order valence-electron chi connectivity index (χ2n) is 2.83. The lowest BCUT2D eigenvalue weighted by molar-refractivity contribution is -0.124. The van der Waals surface area contributed by atoms with Gasteiger partial charge in [-0.15, -0.1) is 0 Å². The third-order valence-electron chi connectivity index (χ3n) is 1.40. The topological polar surface area (TPSA) is 87.6 Å². The fourth-order valence-corrected chi connectivity index (χ4v) is 0.498. The van der Waals surface area contributed by atoms with E-state index in [0.29, 0.717) is 13.2 Å². The van der Waals surface area contributed by atoms with E-state index in [1.54, 1.807) is 7.11 Å². The monoisotopic (exact) mass is 176 g/mol. The van der Waals surface area contributed by atoms with E-state index < -0.39 is 11.4 Å². The van der Waals surface area contributed by atoms with Gasteiger partial charge in [0.1, 0.15) is 5.54 Å². The summed E-state index contributed by atoms with van der Waals surface area (Å²) in [5.74, 6) is -0.570. The van der Waals surface area contributed by atoms with Gasteiger partial charge in [0.25, 0.3) is 0 Å². The van der Waals surface area contributed by atoms with Gasteiger partial charge in [0.05, 0.1) is 19.8 Å². The van der Waals surface area contributed by atoms with Gasteiger partial charge in [0.2, 0.25) is 5.91 Å². The van der Waals surface area contributed by atoms with Crippen LogP contribution < -0.4 is 11.5 Å². The van der Waals surface area contributed by atoms with Gasteiger partial charge < -0.3 is 20.9 Å². The van der Waals surface area contributed by atoms with Gasteiger partial charge in [0.15, 0.2) is 0 Å². The molecule has 0 aromatic heterocycles. The maximum atomic E-state index is 10.7. The highest BCUT2D eigenvalue weighted by atomic mass is 16.5. The molecular formula is C7H16N2O3. The summed E-state index contributed by atoms with van der Waals surface area (Å²) in [5.41, 5.74) is 9.42. The molecule has 0 radical (unpaired) electrons. The molecule has 0 spiro atoms. The maximum absolute atomic E-state index is 10.7. The molecule has 4 N–H and O–H groups in total. The molecule has 0 saturated heterocycles. The number of carbonyl (C=O) groups is 1. The molecule has 0 aliphatic heterocycles. The van der Waals surface area contributed by atoms with Crippen LogP contribution in [0.3, 0.4) is 0 Å². The summed E-state index contributed by atoms with van der Waals surface area (Å²) in [5, 5.41) is 0. The van der Waals surface area contributed by atoms with E-state index in [2.05, 4.69) is 0 Å².